The van der Waals surface area contributed by atoms with Gasteiger partial charge in [0.25, 0.3) is 0 Å². The van der Waals surface area contributed by atoms with E-state index in [2.05, 4.69) is 92.4 Å². The van der Waals surface area contributed by atoms with Gasteiger partial charge in [0.1, 0.15) is 0 Å². The molecule has 12 heteroatoms. The van der Waals surface area contributed by atoms with Crippen molar-refractivity contribution in [3.63, 3.8) is 0 Å². The first-order valence-corrected chi connectivity index (χ1v) is 22.3. The summed E-state index contributed by atoms with van der Waals surface area (Å²) >= 11 is 0. The second-order valence-corrected chi connectivity index (χ2v) is 16.0. The Bertz CT molecular complexity index is 1530. The summed E-state index contributed by atoms with van der Waals surface area (Å²) in [7, 11) is 0. The maximum atomic E-state index is 6.07. The van der Waals surface area contributed by atoms with Crippen LogP contribution < -0.4 is 0 Å². The molecule has 12 nitrogen and oxygen atoms in total. The van der Waals surface area contributed by atoms with Gasteiger partial charge >= 0.3 is 0 Å². The fourth-order valence-electron chi connectivity index (χ4n) is 8.03. The molecule has 16 heterocycles. The largest absolute Gasteiger partial charge is 0.378 e. The lowest BCUT2D eigenvalue weighted by molar-refractivity contribution is 0.00623. The monoisotopic (exact) mass is 829 g/mol. The van der Waals surface area contributed by atoms with Gasteiger partial charge in [0.05, 0.1) is 106 Å². The van der Waals surface area contributed by atoms with E-state index in [0.717, 1.165) is 78.5 Å². The molecule has 4 aromatic carbocycles. The van der Waals surface area contributed by atoms with Gasteiger partial charge in [-0.3, -0.25) is 19.6 Å². The topological polar surface area (TPSA) is 86.8 Å². The highest BCUT2D eigenvalue weighted by atomic mass is 16.5. The molecule has 16 aliphatic heterocycles. The van der Waals surface area contributed by atoms with Gasteiger partial charge in [-0.15, -0.1) is 0 Å². The van der Waals surface area contributed by atoms with Crippen LogP contribution in [0.3, 0.4) is 0 Å². The third-order valence-corrected chi connectivity index (χ3v) is 11.5. The summed E-state index contributed by atoms with van der Waals surface area (Å²) in [6.45, 7) is 19.6. The Hall–Kier alpha value is -3.08. The van der Waals surface area contributed by atoms with Crippen LogP contribution in [-0.4, -0.2) is 178 Å². The van der Waals surface area contributed by atoms with Crippen LogP contribution in [0.25, 0.3) is 21.5 Å². The van der Waals surface area contributed by atoms with E-state index in [4.69, 9.17) is 37.9 Å². The molecule has 0 aliphatic carbocycles. The Labute approximate surface area is 357 Å². The molecule has 0 atom stereocenters. The van der Waals surface area contributed by atoms with Gasteiger partial charge in [-0.2, -0.15) is 0 Å². The summed E-state index contributed by atoms with van der Waals surface area (Å²) < 4.78 is 48.6. The first-order chi connectivity index (χ1) is 29.7. The van der Waals surface area contributed by atoms with Crippen molar-refractivity contribution in [3.8, 4) is 0 Å². The van der Waals surface area contributed by atoms with Crippen molar-refractivity contribution in [2.75, 3.05) is 158 Å². The molecule has 0 N–H and O–H groups in total. The Balaban J connectivity index is 1.08. The zero-order valence-corrected chi connectivity index (χ0v) is 35.8. The van der Waals surface area contributed by atoms with Crippen LogP contribution in [0.15, 0.2) is 72.8 Å². The number of ether oxygens (including phenoxy) is 8. The average Bonchev–Trinajstić information content (AvgIpc) is 3.25. The quantitative estimate of drug-likeness (QED) is 0.237. The van der Waals surface area contributed by atoms with Crippen LogP contribution in [0.5, 0.6) is 0 Å². The second-order valence-electron chi connectivity index (χ2n) is 16.0. The highest BCUT2D eigenvalue weighted by Crippen LogP contribution is 2.22. The maximum absolute atomic E-state index is 6.07. The molecule has 0 radical (unpaired) electrons. The van der Waals surface area contributed by atoms with E-state index in [0.29, 0.717) is 106 Å². The van der Waals surface area contributed by atoms with Gasteiger partial charge in [-0.1, -0.05) is 48.5 Å². The minimum atomic E-state index is 0.579. The first kappa shape index (κ1) is 45.0. The molecule has 2 fully saturated rings. The zero-order valence-electron chi connectivity index (χ0n) is 35.8. The van der Waals surface area contributed by atoms with E-state index in [9.17, 15) is 0 Å². The zero-order chi connectivity index (χ0) is 40.9. The summed E-state index contributed by atoms with van der Waals surface area (Å²) in [5, 5.41) is 4.98. The van der Waals surface area contributed by atoms with E-state index < -0.39 is 0 Å². The Morgan fingerprint density at radius 2 is 0.417 bits per heavy atom. The smallest absolute Gasteiger partial charge is 0.0701 e. The molecule has 0 unspecified atom stereocenters. The molecule has 0 amide bonds. The van der Waals surface area contributed by atoms with Crippen molar-refractivity contribution in [2.45, 2.75) is 26.2 Å². The van der Waals surface area contributed by atoms with Crippen LogP contribution >= 0.6 is 0 Å². The molecule has 12 bridgehead atoms. The lowest BCUT2D eigenvalue weighted by Gasteiger charge is -2.24. The van der Waals surface area contributed by atoms with Crippen LogP contribution in [0, 0.1) is 0 Å². The van der Waals surface area contributed by atoms with Crippen molar-refractivity contribution >= 4 is 21.5 Å². The molecule has 16 aliphatic rings. The molecule has 4 aromatic rings. The third-order valence-electron chi connectivity index (χ3n) is 11.5. The van der Waals surface area contributed by atoms with Crippen molar-refractivity contribution < 1.29 is 37.9 Å². The molecule has 2 saturated heterocycles. The molecular formula is C48H68N4O8. The second kappa shape index (κ2) is 25.8. The van der Waals surface area contributed by atoms with Crippen LogP contribution in [0.2, 0.25) is 0 Å². The third kappa shape index (κ3) is 15.7. The molecular weight excluding hydrogens is 761 g/mol. The van der Waals surface area contributed by atoms with Gasteiger partial charge in [0.15, 0.2) is 0 Å². The lowest BCUT2D eigenvalue weighted by atomic mass is 10.0. The molecule has 328 valence electrons. The van der Waals surface area contributed by atoms with Crippen molar-refractivity contribution in [1.82, 2.24) is 19.6 Å². The van der Waals surface area contributed by atoms with E-state index in [1.54, 1.807) is 0 Å². The number of benzene rings is 4. The molecule has 20 rings (SSSR count). The van der Waals surface area contributed by atoms with Crippen molar-refractivity contribution in [3.05, 3.63) is 95.1 Å². The number of hydrogen-bond donors (Lipinski definition) is 0. The van der Waals surface area contributed by atoms with Gasteiger partial charge in [-0.25, -0.2) is 0 Å². The maximum Gasteiger partial charge on any atom is 0.0701 e. The Morgan fingerprint density at radius 1 is 0.233 bits per heavy atom. The molecule has 0 aromatic heterocycles. The summed E-state index contributed by atoms with van der Waals surface area (Å²) in [6, 6.07) is 27.3. The lowest BCUT2D eigenvalue weighted by Crippen LogP contribution is -2.33. The van der Waals surface area contributed by atoms with E-state index in [1.807, 2.05) is 0 Å². The summed E-state index contributed by atoms with van der Waals surface area (Å²) in [4.78, 5) is 9.67. The average molecular weight is 829 g/mol. The van der Waals surface area contributed by atoms with Gasteiger partial charge in [0.2, 0.25) is 0 Å². The van der Waals surface area contributed by atoms with E-state index in [1.165, 1.54) is 43.8 Å². The molecule has 60 heavy (non-hydrogen) atoms. The van der Waals surface area contributed by atoms with Crippen molar-refractivity contribution in [2.24, 2.45) is 0 Å². The normalized spacial score (nSPS) is 25.6. The van der Waals surface area contributed by atoms with E-state index in [-0.39, 0.29) is 0 Å². The van der Waals surface area contributed by atoms with Gasteiger partial charge < -0.3 is 37.9 Å². The Kier molecular flexibility index (Phi) is 19.3. The van der Waals surface area contributed by atoms with Crippen LogP contribution in [0.1, 0.15) is 22.3 Å². The SMILES string of the molecule is c1cc2cc3ccc2cc1CN1CCOCCOCCN(CCOCCOCC1)Cc1ccc2cc(ccc2c1)CN1CCOCCOCCN(CCOCCOCC1)C3. The predicted octanol–water partition coefficient (Wildman–Crippen LogP) is 5.07. The van der Waals surface area contributed by atoms with Gasteiger partial charge in [0, 0.05) is 78.5 Å². The number of hydrogen-bond acceptors (Lipinski definition) is 12. The summed E-state index contributed by atoms with van der Waals surface area (Å²) in [6.07, 6.45) is 0. The number of nitrogens with zero attached hydrogens (tertiary/aromatic N) is 4. The Morgan fingerprint density at radius 3 is 0.600 bits per heavy atom. The minimum absolute atomic E-state index is 0.579. The highest BCUT2D eigenvalue weighted by Gasteiger charge is 2.14. The van der Waals surface area contributed by atoms with Crippen LogP contribution in [0.4, 0.5) is 0 Å². The van der Waals surface area contributed by atoms with Gasteiger partial charge in [-0.05, 0) is 68.1 Å². The van der Waals surface area contributed by atoms with Crippen LogP contribution in [-0.2, 0) is 64.1 Å². The first-order valence-electron chi connectivity index (χ1n) is 22.3. The fraction of sp³-hybridized carbons (Fsp3) is 0.583. The molecule has 0 saturated carbocycles. The number of rotatable bonds is 0. The van der Waals surface area contributed by atoms with E-state index >= 15 is 0 Å². The molecule has 0 spiro atoms. The summed E-state index contributed by atoms with van der Waals surface area (Å²) in [5.74, 6) is 0. The minimum Gasteiger partial charge on any atom is -0.378 e. The standard InChI is InChI=1S/C48H68N4O8/c1-5-45-34-42-2-6-46(45)33-41(1)37-49-9-17-53-25-27-57-21-13-51(14-22-58-28-26-54-18-10-49)39-43-3-7-48-36-44(4-8-47(48)35-43)40-52-15-23-59-31-29-55-19-11-50(38-42)12-20-56-30-32-60-24-16-52/h1-8,33-36H,9-32,37-40H2. The predicted molar refractivity (Wildman–Crippen MR) is 236 cm³/mol. The van der Waals surface area contributed by atoms with Crippen molar-refractivity contribution in [1.29, 1.82) is 0 Å². The fourth-order valence-corrected chi connectivity index (χ4v) is 8.03. The summed E-state index contributed by atoms with van der Waals surface area (Å²) in [5.41, 5.74) is 5.12. The highest BCUT2D eigenvalue weighted by molar-refractivity contribution is 5.84.